The molecular weight excluding hydrogens is 194 g/mol. The number of hydrogen-bond donors (Lipinski definition) is 1. The van der Waals surface area contributed by atoms with E-state index in [1.807, 2.05) is 12.1 Å². The van der Waals surface area contributed by atoms with Crippen molar-refractivity contribution in [2.24, 2.45) is 5.73 Å². The van der Waals surface area contributed by atoms with E-state index in [4.69, 9.17) is 14.9 Å². The third-order valence-corrected chi connectivity index (χ3v) is 1.83. The molecule has 2 N–H and O–H groups in total. The van der Waals surface area contributed by atoms with E-state index in [2.05, 4.69) is 9.97 Å². The lowest BCUT2D eigenvalue weighted by Crippen LogP contribution is -2.02. The van der Waals surface area contributed by atoms with Crippen LogP contribution in [-0.2, 0) is 13.2 Å². The number of furan rings is 1. The van der Waals surface area contributed by atoms with Crippen molar-refractivity contribution in [2.45, 2.75) is 13.2 Å². The standard InChI is InChI=1S/C10H11N3O2/c11-4-8-5-13-10(6-12-8)15-7-9-2-1-3-14-9/h1-3,5-6H,4,7,11H2. The minimum atomic E-state index is 0.351. The molecule has 2 aromatic rings. The molecule has 0 fully saturated rings. The van der Waals surface area contributed by atoms with Crippen LogP contribution in [0.25, 0.3) is 0 Å². The van der Waals surface area contributed by atoms with Crippen molar-refractivity contribution in [1.82, 2.24) is 9.97 Å². The Morgan fingerprint density at radius 2 is 2.27 bits per heavy atom. The van der Waals surface area contributed by atoms with Crippen LogP contribution in [0.2, 0.25) is 0 Å². The molecule has 0 saturated carbocycles. The Bertz CT molecular complexity index is 397. The maximum atomic E-state index is 5.39. The van der Waals surface area contributed by atoms with Gasteiger partial charge in [-0.2, -0.15) is 0 Å². The number of nitrogens with zero attached hydrogens (tertiary/aromatic N) is 2. The summed E-state index contributed by atoms with van der Waals surface area (Å²) in [6, 6.07) is 3.64. The van der Waals surface area contributed by atoms with E-state index >= 15 is 0 Å². The maximum absolute atomic E-state index is 5.39. The van der Waals surface area contributed by atoms with Crippen LogP contribution in [0.15, 0.2) is 35.2 Å². The molecular formula is C10H11N3O2. The van der Waals surface area contributed by atoms with Crippen LogP contribution in [0.1, 0.15) is 11.5 Å². The van der Waals surface area contributed by atoms with Gasteiger partial charge in [0.2, 0.25) is 5.88 Å². The summed E-state index contributed by atoms with van der Waals surface area (Å²) in [6.45, 7) is 0.731. The second-order valence-electron chi connectivity index (χ2n) is 2.92. The van der Waals surface area contributed by atoms with Crippen LogP contribution in [0, 0.1) is 0 Å². The van der Waals surface area contributed by atoms with Gasteiger partial charge in [-0.15, -0.1) is 0 Å². The summed E-state index contributed by atoms with van der Waals surface area (Å²) in [5.74, 6) is 1.21. The largest absolute Gasteiger partial charge is 0.468 e. The van der Waals surface area contributed by atoms with Crippen LogP contribution >= 0.6 is 0 Å². The van der Waals surface area contributed by atoms with E-state index in [1.165, 1.54) is 0 Å². The fourth-order valence-corrected chi connectivity index (χ4v) is 1.06. The molecule has 0 bridgehead atoms. The van der Waals surface area contributed by atoms with Crippen LogP contribution in [0.4, 0.5) is 0 Å². The molecule has 5 heteroatoms. The number of hydrogen-bond acceptors (Lipinski definition) is 5. The third-order valence-electron chi connectivity index (χ3n) is 1.83. The van der Waals surface area contributed by atoms with E-state index in [0.29, 0.717) is 19.0 Å². The molecule has 5 nitrogen and oxygen atoms in total. The molecule has 0 saturated heterocycles. The van der Waals surface area contributed by atoms with E-state index in [9.17, 15) is 0 Å². The maximum Gasteiger partial charge on any atom is 0.232 e. The first-order valence-corrected chi connectivity index (χ1v) is 4.54. The Hall–Kier alpha value is -1.88. The van der Waals surface area contributed by atoms with Gasteiger partial charge in [-0.3, -0.25) is 4.98 Å². The van der Waals surface area contributed by atoms with Gasteiger partial charge >= 0.3 is 0 Å². The van der Waals surface area contributed by atoms with Gasteiger partial charge in [0.1, 0.15) is 12.4 Å². The smallest absolute Gasteiger partial charge is 0.232 e. The van der Waals surface area contributed by atoms with E-state index in [0.717, 1.165) is 11.5 Å². The first-order chi connectivity index (χ1) is 7.38. The molecule has 2 aromatic heterocycles. The Morgan fingerprint density at radius 3 is 2.87 bits per heavy atom. The minimum Gasteiger partial charge on any atom is -0.468 e. The quantitative estimate of drug-likeness (QED) is 0.809. The summed E-state index contributed by atoms with van der Waals surface area (Å²) in [4.78, 5) is 8.10. The predicted molar refractivity (Wildman–Crippen MR) is 53.0 cm³/mol. The highest BCUT2D eigenvalue weighted by Crippen LogP contribution is 2.08. The Kier molecular flexibility index (Phi) is 2.94. The number of aromatic nitrogens is 2. The molecule has 0 radical (unpaired) electrons. The average molecular weight is 205 g/mol. The molecule has 0 atom stereocenters. The van der Waals surface area contributed by atoms with Gasteiger partial charge < -0.3 is 14.9 Å². The van der Waals surface area contributed by atoms with Gasteiger partial charge in [0.15, 0.2) is 0 Å². The molecule has 78 valence electrons. The van der Waals surface area contributed by atoms with Crippen molar-refractivity contribution in [3.05, 3.63) is 42.2 Å². The highest BCUT2D eigenvalue weighted by molar-refractivity contribution is 5.07. The highest BCUT2D eigenvalue weighted by Gasteiger charge is 1.99. The second-order valence-corrected chi connectivity index (χ2v) is 2.92. The summed E-state index contributed by atoms with van der Waals surface area (Å²) >= 11 is 0. The molecule has 15 heavy (non-hydrogen) atoms. The molecule has 0 aromatic carbocycles. The van der Waals surface area contributed by atoms with Gasteiger partial charge in [0, 0.05) is 6.54 Å². The molecule has 0 unspecified atom stereocenters. The average Bonchev–Trinajstić information content (AvgIpc) is 2.80. The Labute approximate surface area is 86.9 Å². The van der Waals surface area contributed by atoms with Crippen LogP contribution in [-0.4, -0.2) is 9.97 Å². The zero-order chi connectivity index (χ0) is 10.5. The van der Waals surface area contributed by atoms with Crippen molar-refractivity contribution in [1.29, 1.82) is 0 Å². The van der Waals surface area contributed by atoms with Crippen molar-refractivity contribution >= 4 is 0 Å². The van der Waals surface area contributed by atoms with Crippen molar-refractivity contribution in [3.8, 4) is 5.88 Å². The molecule has 0 aliphatic heterocycles. The predicted octanol–water partition coefficient (Wildman–Crippen LogP) is 1.11. The molecule has 2 rings (SSSR count). The van der Waals surface area contributed by atoms with E-state index in [1.54, 1.807) is 18.7 Å². The summed E-state index contributed by atoms with van der Waals surface area (Å²) in [5.41, 5.74) is 6.13. The highest BCUT2D eigenvalue weighted by atomic mass is 16.5. The fourth-order valence-electron chi connectivity index (χ4n) is 1.06. The SMILES string of the molecule is NCc1cnc(OCc2ccco2)cn1. The van der Waals surface area contributed by atoms with Gasteiger partial charge in [0.25, 0.3) is 0 Å². The topological polar surface area (TPSA) is 74.2 Å². The molecule has 0 aliphatic carbocycles. The zero-order valence-electron chi connectivity index (χ0n) is 8.09. The monoisotopic (exact) mass is 205 g/mol. The van der Waals surface area contributed by atoms with Crippen molar-refractivity contribution in [2.75, 3.05) is 0 Å². The van der Waals surface area contributed by atoms with Gasteiger partial charge in [-0.25, -0.2) is 4.98 Å². The molecule has 0 amide bonds. The van der Waals surface area contributed by atoms with Gasteiger partial charge in [-0.1, -0.05) is 0 Å². The number of ether oxygens (including phenoxy) is 1. The second kappa shape index (κ2) is 4.56. The van der Waals surface area contributed by atoms with Crippen molar-refractivity contribution < 1.29 is 9.15 Å². The van der Waals surface area contributed by atoms with Gasteiger partial charge in [-0.05, 0) is 12.1 Å². The van der Waals surface area contributed by atoms with E-state index < -0.39 is 0 Å². The summed E-state index contributed by atoms with van der Waals surface area (Å²) in [5, 5.41) is 0. The van der Waals surface area contributed by atoms with Crippen LogP contribution < -0.4 is 10.5 Å². The lowest BCUT2D eigenvalue weighted by Gasteiger charge is -2.02. The van der Waals surface area contributed by atoms with Crippen molar-refractivity contribution in [3.63, 3.8) is 0 Å². The summed E-state index contributed by atoms with van der Waals surface area (Å²) in [7, 11) is 0. The first-order valence-electron chi connectivity index (χ1n) is 4.54. The summed E-state index contributed by atoms with van der Waals surface area (Å²) in [6.07, 6.45) is 4.74. The molecule has 2 heterocycles. The van der Waals surface area contributed by atoms with E-state index in [-0.39, 0.29) is 0 Å². The van der Waals surface area contributed by atoms with Crippen LogP contribution in [0.5, 0.6) is 5.88 Å². The molecule has 0 spiro atoms. The Balaban J connectivity index is 1.93. The fraction of sp³-hybridized carbons (Fsp3) is 0.200. The lowest BCUT2D eigenvalue weighted by atomic mass is 10.4. The summed E-state index contributed by atoms with van der Waals surface area (Å²) < 4.78 is 10.4. The minimum absolute atomic E-state index is 0.351. The van der Waals surface area contributed by atoms with Crippen LogP contribution in [0.3, 0.4) is 0 Å². The number of rotatable bonds is 4. The third kappa shape index (κ3) is 2.54. The first kappa shape index (κ1) is 9.67. The number of nitrogens with two attached hydrogens (primary N) is 1. The van der Waals surface area contributed by atoms with Gasteiger partial charge in [0.05, 0.1) is 24.4 Å². The molecule has 0 aliphatic rings. The normalized spacial score (nSPS) is 10.2. The Morgan fingerprint density at radius 1 is 1.33 bits per heavy atom. The lowest BCUT2D eigenvalue weighted by molar-refractivity contribution is 0.259. The zero-order valence-corrected chi connectivity index (χ0v) is 8.09.